The lowest BCUT2D eigenvalue weighted by molar-refractivity contribution is 0.0320. The summed E-state index contributed by atoms with van der Waals surface area (Å²) in [7, 11) is 0. The first-order valence-corrected chi connectivity index (χ1v) is 21.7. The molecule has 0 bridgehead atoms. The average Bonchev–Trinajstić information content (AvgIpc) is 3.63. The molecule has 0 spiro atoms. The lowest BCUT2D eigenvalue weighted by Gasteiger charge is -2.42. The number of ether oxygens (including phenoxy) is 3. The Balaban J connectivity index is 1.07. The van der Waals surface area contributed by atoms with Gasteiger partial charge in [-0.15, -0.1) is 0 Å². The van der Waals surface area contributed by atoms with Gasteiger partial charge in [-0.25, -0.2) is 0 Å². The standard InChI is InChI=1S/C54H52BNO3/c1-33-26-34(2)28-39(27-33)56(46-21-13-19-42-41-18-12-20-43(54(3,4)5)52(41)59-53(42)46)40-31-49-51-50(32-40)58-48-30-38(36-16-10-7-11-17-36)23-25-45(48)55(51)44-24-22-37(29-47(44)57-49)35-14-8-6-9-15-35/h6-16,18,20-23,25-32,36,41-42,44,46,52-53H,17,19,24H2,1-5H3. The monoisotopic (exact) mass is 773 g/mol. The fourth-order valence-electron chi connectivity index (χ4n) is 11.2. The summed E-state index contributed by atoms with van der Waals surface area (Å²) in [5, 5.41) is 0. The summed E-state index contributed by atoms with van der Waals surface area (Å²) in [6.07, 6.45) is 28.3. The zero-order valence-corrected chi connectivity index (χ0v) is 34.8. The Hall–Kier alpha value is -5.52. The highest BCUT2D eigenvalue weighted by atomic mass is 16.5. The number of hydrogen-bond donors (Lipinski definition) is 0. The van der Waals surface area contributed by atoms with Crippen molar-refractivity contribution in [2.24, 2.45) is 17.3 Å². The van der Waals surface area contributed by atoms with E-state index in [1.165, 1.54) is 38.9 Å². The van der Waals surface area contributed by atoms with Crippen molar-refractivity contribution in [3.05, 3.63) is 179 Å². The molecule has 0 N–H and O–H groups in total. The van der Waals surface area contributed by atoms with Crippen LogP contribution in [0.5, 0.6) is 17.2 Å². The van der Waals surface area contributed by atoms with E-state index < -0.39 is 0 Å². The number of nitrogens with zero attached hydrogens (tertiary/aromatic N) is 1. The Labute approximate surface area is 350 Å². The van der Waals surface area contributed by atoms with Crippen LogP contribution in [0, 0.1) is 31.1 Å². The maximum absolute atomic E-state index is 7.34. The molecule has 1 fully saturated rings. The van der Waals surface area contributed by atoms with E-state index >= 15 is 0 Å². The van der Waals surface area contributed by atoms with Gasteiger partial charge in [-0.1, -0.05) is 130 Å². The summed E-state index contributed by atoms with van der Waals surface area (Å²) in [4.78, 5) is 2.52. The highest BCUT2D eigenvalue weighted by Gasteiger charge is 2.52. The molecule has 7 aliphatic rings. The summed E-state index contributed by atoms with van der Waals surface area (Å²) in [5.41, 5.74) is 12.2. The molecule has 0 saturated carbocycles. The molecule has 5 heteroatoms. The molecule has 4 aromatic carbocycles. The van der Waals surface area contributed by atoms with E-state index in [1.807, 2.05) is 0 Å². The Morgan fingerprint density at radius 1 is 0.729 bits per heavy atom. The van der Waals surface area contributed by atoms with Crippen molar-refractivity contribution in [3.8, 4) is 17.2 Å². The quantitative estimate of drug-likeness (QED) is 0.149. The van der Waals surface area contributed by atoms with Gasteiger partial charge in [0.1, 0.15) is 23.0 Å². The number of fused-ring (bicyclic) bond motifs is 7. The third-order valence-electron chi connectivity index (χ3n) is 13.9. The second-order valence-corrected chi connectivity index (χ2v) is 18.8. The topological polar surface area (TPSA) is 30.9 Å². The molecule has 4 nitrogen and oxygen atoms in total. The number of benzene rings is 4. The normalized spacial score (nSPS) is 26.9. The van der Waals surface area contributed by atoms with Crippen LogP contribution in [0.25, 0.3) is 5.57 Å². The van der Waals surface area contributed by atoms with E-state index in [2.05, 4.69) is 185 Å². The van der Waals surface area contributed by atoms with Crippen LogP contribution in [-0.4, -0.2) is 25.0 Å². The second-order valence-electron chi connectivity index (χ2n) is 18.8. The van der Waals surface area contributed by atoms with Crippen LogP contribution in [0.2, 0.25) is 5.82 Å². The largest absolute Gasteiger partial charge is 0.462 e. The van der Waals surface area contributed by atoms with E-state index in [4.69, 9.17) is 14.2 Å². The summed E-state index contributed by atoms with van der Waals surface area (Å²) in [6.45, 7) is 11.5. The summed E-state index contributed by atoms with van der Waals surface area (Å²) >= 11 is 0. The fourth-order valence-corrected chi connectivity index (χ4v) is 11.2. The van der Waals surface area contributed by atoms with Crippen LogP contribution >= 0.6 is 0 Å². The average molecular weight is 774 g/mol. The van der Waals surface area contributed by atoms with Crippen LogP contribution in [-0.2, 0) is 4.74 Å². The van der Waals surface area contributed by atoms with Gasteiger partial charge in [0.15, 0.2) is 0 Å². The maximum Gasteiger partial charge on any atom is 0.234 e. The van der Waals surface area contributed by atoms with E-state index in [0.29, 0.717) is 17.8 Å². The molecule has 11 rings (SSSR count). The van der Waals surface area contributed by atoms with E-state index in [0.717, 1.165) is 59.1 Å². The molecular weight excluding hydrogens is 721 g/mol. The van der Waals surface area contributed by atoms with E-state index in [9.17, 15) is 0 Å². The Kier molecular flexibility index (Phi) is 8.71. The van der Waals surface area contributed by atoms with E-state index in [1.54, 1.807) is 0 Å². The maximum atomic E-state index is 7.34. The van der Waals surface area contributed by atoms with Crippen molar-refractivity contribution in [1.29, 1.82) is 0 Å². The molecule has 7 unspecified atom stereocenters. The van der Waals surface area contributed by atoms with Crippen LogP contribution in [0.4, 0.5) is 11.4 Å². The highest BCUT2D eigenvalue weighted by molar-refractivity contribution is 6.89. The zero-order valence-electron chi connectivity index (χ0n) is 34.8. The van der Waals surface area contributed by atoms with Crippen LogP contribution < -0.4 is 25.3 Å². The van der Waals surface area contributed by atoms with Gasteiger partial charge in [-0.2, -0.15) is 0 Å². The zero-order chi connectivity index (χ0) is 40.0. The fraction of sp³-hybridized carbons (Fsp3) is 0.296. The van der Waals surface area contributed by atoms with Crippen molar-refractivity contribution in [2.45, 2.75) is 83.9 Å². The Bertz CT molecular complexity index is 2560. The van der Waals surface area contributed by atoms with Crippen molar-refractivity contribution in [1.82, 2.24) is 0 Å². The number of aryl methyl sites for hydroxylation is 2. The summed E-state index contributed by atoms with van der Waals surface area (Å²) in [6, 6.07) is 29.1. The van der Waals surface area contributed by atoms with Crippen LogP contribution in [0.15, 0.2) is 157 Å². The Morgan fingerprint density at radius 3 is 2.31 bits per heavy atom. The third-order valence-corrected chi connectivity index (χ3v) is 13.9. The van der Waals surface area contributed by atoms with Crippen molar-refractivity contribution >= 4 is 34.6 Å². The van der Waals surface area contributed by atoms with Crippen molar-refractivity contribution in [3.63, 3.8) is 0 Å². The first-order chi connectivity index (χ1) is 28.7. The molecule has 3 aliphatic heterocycles. The second kappa shape index (κ2) is 14.1. The molecular formula is C54H52BNO3. The van der Waals surface area contributed by atoms with Gasteiger partial charge in [0.05, 0.1) is 18.2 Å². The molecule has 294 valence electrons. The SMILES string of the molecule is Cc1cc(C)cc(N(c2cc3c4c(c2)Oc2cc(C5C=CC=CC5)ccc2B4C2CC=C(c4ccccc4)C=C2O3)C2C=CCC3C4C=CC=C(C(C)(C)C)C4OC32)c1. The molecule has 59 heavy (non-hydrogen) atoms. The van der Waals surface area contributed by atoms with Gasteiger partial charge in [0.25, 0.3) is 0 Å². The van der Waals surface area contributed by atoms with Gasteiger partial charge >= 0.3 is 0 Å². The molecule has 7 atom stereocenters. The highest BCUT2D eigenvalue weighted by Crippen LogP contribution is 2.52. The van der Waals surface area contributed by atoms with Crippen LogP contribution in [0.3, 0.4) is 0 Å². The van der Waals surface area contributed by atoms with Gasteiger partial charge < -0.3 is 19.1 Å². The first kappa shape index (κ1) is 36.6. The van der Waals surface area contributed by atoms with Gasteiger partial charge in [-0.05, 0) is 108 Å². The third kappa shape index (κ3) is 6.23. The number of rotatable bonds is 5. The first-order valence-electron chi connectivity index (χ1n) is 21.7. The van der Waals surface area contributed by atoms with Crippen molar-refractivity contribution < 1.29 is 14.2 Å². The number of allylic oxidation sites excluding steroid dienone is 11. The molecule has 1 saturated heterocycles. The van der Waals surface area contributed by atoms with Crippen molar-refractivity contribution in [2.75, 3.05) is 4.90 Å². The van der Waals surface area contributed by atoms with Crippen LogP contribution in [0.1, 0.15) is 68.2 Å². The van der Waals surface area contributed by atoms with Gasteiger partial charge in [0.2, 0.25) is 6.71 Å². The molecule has 4 aromatic rings. The summed E-state index contributed by atoms with van der Waals surface area (Å²) < 4.78 is 21.7. The van der Waals surface area contributed by atoms with E-state index in [-0.39, 0.29) is 36.2 Å². The molecule has 4 aliphatic carbocycles. The Morgan fingerprint density at radius 2 is 1.53 bits per heavy atom. The molecule has 0 amide bonds. The molecule has 0 radical (unpaired) electrons. The minimum Gasteiger partial charge on any atom is -0.462 e. The lowest BCUT2D eigenvalue weighted by Crippen LogP contribution is -2.54. The predicted molar refractivity (Wildman–Crippen MR) is 243 cm³/mol. The minimum atomic E-state index is -0.0392. The number of hydrogen-bond acceptors (Lipinski definition) is 4. The van der Waals surface area contributed by atoms with Gasteiger partial charge in [0, 0.05) is 46.6 Å². The van der Waals surface area contributed by atoms with Gasteiger partial charge in [-0.3, -0.25) is 0 Å². The summed E-state index contributed by atoms with van der Waals surface area (Å²) in [5.74, 6) is 4.94. The number of anilines is 2. The molecule has 3 heterocycles. The minimum absolute atomic E-state index is 0.00354. The smallest absolute Gasteiger partial charge is 0.234 e. The molecule has 0 aromatic heterocycles. The predicted octanol–water partition coefficient (Wildman–Crippen LogP) is 11.8. The lowest BCUT2D eigenvalue weighted by atomic mass is 9.30.